The number of hydrogen-bond donors (Lipinski definition) is 1. The van der Waals surface area contributed by atoms with E-state index in [2.05, 4.69) is 5.32 Å². The maximum Gasteiger partial charge on any atom is 0.244 e. The normalized spacial score (nSPS) is 12.2. The minimum atomic E-state index is -3.96. The van der Waals surface area contributed by atoms with Gasteiger partial charge in [0.1, 0.15) is 12.6 Å². The first kappa shape index (κ1) is 30.8. The van der Waals surface area contributed by atoms with Gasteiger partial charge in [0.05, 0.1) is 17.0 Å². The lowest BCUT2D eigenvalue weighted by molar-refractivity contribution is -0.140. The van der Waals surface area contributed by atoms with Crippen LogP contribution in [0.1, 0.15) is 25.0 Å². The molecule has 2 amide bonds. The number of halogens is 3. The molecule has 0 aliphatic carbocycles. The molecule has 0 aliphatic heterocycles. The average molecular weight is 611 g/mol. The number of hydrogen-bond acceptors (Lipinski definition) is 4. The van der Waals surface area contributed by atoms with E-state index >= 15 is 0 Å². The van der Waals surface area contributed by atoms with Crippen LogP contribution in [0.25, 0.3) is 0 Å². The van der Waals surface area contributed by atoms with Crippen LogP contribution in [0.2, 0.25) is 15.1 Å². The van der Waals surface area contributed by atoms with Crippen LogP contribution in [0.5, 0.6) is 0 Å². The number of amides is 2. The molecule has 1 atom stereocenters. The number of carbonyl (C=O) groups excluding carboxylic acids is 2. The molecule has 3 aromatic rings. The predicted octanol–water partition coefficient (Wildman–Crippen LogP) is 5.58. The maximum atomic E-state index is 14.0. The first-order valence-corrected chi connectivity index (χ1v) is 15.1. The Hall–Kier alpha value is -2.78. The van der Waals surface area contributed by atoms with Gasteiger partial charge >= 0.3 is 0 Å². The Bertz CT molecular complexity index is 1420. The van der Waals surface area contributed by atoms with Crippen molar-refractivity contribution in [2.75, 3.05) is 17.1 Å². The molecular formula is C28H30Cl3N3O4S. The first-order chi connectivity index (χ1) is 18.4. The van der Waals surface area contributed by atoms with Gasteiger partial charge in [-0.05, 0) is 49.2 Å². The van der Waals surface area contributed by atoms with Crippen LogP contribution in [0.3, 0.4) is 0 Å². The van der Waals surface area contributed by atoms with E-state index in [4.69, 9.17) is 34.8 Å². The Labute approximate surface area is 244 Å². The minimum absolute atomic E-state index is 0.0204. The number of rotatable bonds is 11. The zero-order valence-electron chi connectivity index (χ0n) is 21.8. The first-order valence-electron chi connectivity index (χ1n) is 12.2. The van der Waals surface area contributed by atoms with Crippen LogP contribution in [-0.4, -0.2) is 50.0 Å². The van der Waals surface area contributed by atoms with E-state index in [0.29, 0.717) is 15.6 Å². The molecule has 1 N–H and O–H groups in total. The van der Waals surface area contributed by atoms with E-state index in [1.165, 1.54) is 23.1 Å². The highest BCUT2D eigenvalue weighted by Crippen LogP contribution is 2.31. The number of benzene rings is 3. The summed E-state index contributed by atoms with van der Waals surface area (Å²) in [5.41, 5.74) is 1.54. The van der Waals surface area contributed by atoms with Crippen molar-refractivity contribution in [2.45, 2.75) is 38.9 Å². The van der Waals surface area contributed by atoms with Crippen molar-refractivity contribution in [3.63, 3.8) is 0 Å². The molecular weight excluding hydrogens is 581 g/mol. The van der Waals surface area contributed by atoms with Crippen molar-refractivity contribution >= 4 is 62.3 Å². The molecule has 0 spiro atoms. The highest BCUT2D eigenvalue weighted by Gasteiger charge is 2.34. The lowest BCUT2D eigenvalue weighted by atomic mass is 10.0. The molecule has 7 nitrogen and oxygen atoms in total. The largest absolute Gasteiger partial charge is 0.352 e. The molecule has 0 unspecified atom stereocenters. The smallest absolute Gasteiger partial charge is 0.244 e. The highest BCUT2D eigenvalue weighted by molar-refractivity contribution is 7.92. The third-order valence-electron chi connectivity index (χ3n) is 5.86. The minimum Gasteiger partial charge on any atom is -0.352 e. The fraction of sp³-hybridized carbons (Fsp3) is 0.286. The van der Waals surface area contributed by atoms with Gasteiger partial charge in [0, 0.05) is 29.1 Å². The number of nitrogens with zero attached hydrogens (tertiary/aromatic N) is 2. The van der Waals surface area contributed by atoms with Crippen LogP contribution < -0.4 is 9.62 Å². The van der Waals surface area contributed by atoms with E-state index in [0.717, 1.165) is 16.1 Å². The van der Waals surface area contributed by atoms with Crippen molar-refractivity contribution < 1.29 is 18.0 Å². The second kappa shape index (κ2) is 13.5. The van der Waals surface area contributed by atoms with Gasteiger partial charge in [-0.3, -0.25) is 13.9 Å². The van der Waals surface area contributed by atoms with Crippen molar-refractivity contribution in [3.05, 3.63) is 99.0 Å². The van der Waals surface area contributed by atoms with E-state index in [-0.39, 0.29) is 35.6 Å². The van der Waals surface area contributed by atoms with Gasteiger partial charge in [-0.15, -0.1) is 0 Å². The van der Waals surface area contributed by atoms with Crippen molar-refractivity contribution in [3.8, 4) is 0 Å². The quantitative estimate of drug-likeness (QED) is 0.307. The SMILES string of the molecule is CC(C)NC(=O)[C@@H](Cc1ccccc1)N(Cc1ccccc1Cl)C(=O)CN(c1ccc(Cl)cc1Cl)S(C)(=O)=O. The van der Waals surface area contributed by atoms with Gasteiger partial charge in [-0.2, -0.15) is 0 Å². The maximum absolute atomic E-state index is 14.0. The van der Waals surface area contributed by atoms with Gasteiger partial charge in [-0.25, -0.2) is 8.42 Å². The van der Waals surface area contributed by atoms with Gasteiger partial charge in [0.2, 0.25) is 21.8 Å². The van der Waals surface area contributed by atoms with Crippen LogP contribution in [0.15, 0.2) is 72.8 Å². The molecule has 0 saturated heterocycles. The zero-order valence-corrected chi connectivity index (χ0v) is 24.9. The second-order valence-electron chi connectivity index (χ2n) is 9.35. The monoisotopic (exact) mass is 609 g/mol. The van der Waals surface area contributed by atoms with Crippen LogP contribution in [0, 0.1) is 0 Å². The molecule has 0 radical (unpaired) electrons. The predicted molar refractivity (Wildman–Crippen MR) is 158 cm³/mol. The van der Waals surface area contributed by atoms with E-state index < -0.39 is 28.5 Å². The number of sulfonamides is 1. The van der Waals surface area contributed by atoms with E-state index in [9.17, 15) is 18.0 Å². The molecule has 3 rings (SSSR count). The number of carbonyl (C=O) groups is 2. The number of nitrogens with one attached hydrogen (secondary N) is 1. The van der Waals surface area contributed by atoms with Crippen LogP contribution >= 0.6 is 34.8 Å². The summed E-state index contributed by atoms with van der Waals surface area (Å²) in [5, 5.41) is 3.69. The highest BCUT2D eigenvalue weighted by atomic mass is 35.5. The molecule has 0 aromatic heterocycles. The second-order valence-corrected chi connectivity index (χ2v) is 12.5. The summed E-state index contributed by atoms with van der Waals surface area (Å²) in [6.07, 6.45) is 1.19. The zero-order chi connectivity index (χ0) is 28.7. The summed E-state index contributed by atoms with van der Waals surface area (Å²) in [5.74, 6) is -0.976. The lowest BCUT2D eigenvalue weighted by Gasteiger charge is -2.34. The third kappa shape index (κ3) is 8.60. The average Bonchev–Trinajstić information content (AvgIpc) is 2.85. The van der Waals surface area contributed by atoms with E-state index in [1.807, 2.05) is 44.2 Å². The number of anilines is 1. The Morgan fingerprint density at radius 2 is 1.54 bits per heavy atom. The molecule has 208 valence electrons. The molecule has 0 fully saturated rings. The molecule has 0 heterocycles. The van der Waals surface area contributed by atoms with Crippen molar-refractivity contribution in [2.24, 2.45) is 0 Å². The molecule has 0 saturated carbocycles. The van der Waals surface area contributed by atoms with Crippen LogP contribution in [-0.2, 0) is 32.6 Å². The summed E-state index contributed by atoms with van der Waals surface area (Å²) in [6.45, 7) is 3.04. The fourth-order valence-corrected chi connectivity index (χ4v) is 5.64. The molecule has 39 heavy (non-hydrogen) atoms. The third-order valence-corrected chi connectivity index (χ3v) is 7.89. The summed E-state index contributed by atoms with van der Waals surface area (Å²) < 4.78 is 26.6. The summed E-state index contributed by atoms with van der Waals surface area (Å²) in [6, 6.07) is 19.5. The molecule has 0 bridgehead atoms. The Morgan fingerprint density at radius 1 is 0.897 bits per heavy atom. The van der Waals surface area contributed by atoms with Gasteiger partial charge in [0.15, 0.2) is 0 Å². The van der Waals surface area contributed by atoms with Gasteiger partial charge in [0.25, 0.3) is 0 Å². The fourth-order valence-electron chi connectivity index (χ4n) is 4.02. The summed E-state index contributed by atoms with van der Waals surface area (Å²) in [4.78, 5) is 28.9. The lowest BCUT2D eigenvalue weighted by Crippen LogP contribution is -2.54. The molecule has 0 aliphatic rings. The summed E-state index contributed by atoms with van der Waals surface area (Å²) in [7, 11) is -3.96. The summed E-state index contributed by atoms with van der Waals surface area (Å²) >= 11 is 18.8. The topological polar surface area (TPSA) is 86.8 Å². The molecule has 3 aromatic carbocycles. The van der Waals surface area contributed by atoms with Crippen molar-refractivity contribution in [1.82, 2.24) is 10.2 Å². The van der Waals surface area contributed by atoms with Crippen molar-refractivity contribution in [1.29, 1.82) is 0 Å². The standard InChI is InChI=1S/C28H30Cl3N3O4S/c1-19(2)32-28(36)26(15-20-9-5-4-6-10-20)33(17-21-11-7-8-12-23(21)30)27(35)18-34(39(3,37)38)25-14-13-22(29)16-24(25)31/h4-14,16,19,26H,15,17-18H2,1-3H3,(H,32,36)/t26-/m1/s1. The Kier molecular flexibility index (Phi) is 10.7. The Morgan fingerprint density at radius 3 is 2.13 bits per heavy atom. The van der Waals surface area contributed by atoms with Gasteiger partial charge in [-0.1, -0.05) is 83.3 Å². The van der Waals surface area contributed by atoms with Gasteiger partial charge < -0.3 is 10.2 Å². The van der Waals surface area contributed by atoms with Crippen LogP contribution in [0.4, 0.5) is 5.69 Å². The Balaban J connectivity index is 2.08. The van der Waals surface area contributed by atoms with E-state index in [1.54, 1.807) is 24.3 Å². The molecule has 11 heteroatoms.